The lowest BCUT2D eigenvalue weighted by Crippen LogP contribution is -2.43. The second-order valence-electron chi connectivity index (χ2n) is 9.85. The average Bonchev–Trinajstić information content (AvgIpc) is 3.02. The van der Waals surface area contributed by atoms with E-state index in [9.17, 15) is 9.59 Å². The molecule has 0 fully saturated rings. The molecule has 0 aliphatic rings. The molecule has 2 heterocycles. The highest BCUT2D eigenvalue weighted by Gasteiger charge is 2.10. The number of nitrogens with one attached hydrogen (secondary N) is 3. The molecule has 0 aliphatic carbocycles. The minimum Gasteiger partial charge on any atom is -0.370 e. The van der Waals surface area contributed by atoms with Crippen LogP contribution in [0.3, 0.4) is 0 Å². The van der Waals surface area contributed by atoms with Crippen molar-refractivity contribution in [3.8, 4) is 22.3 Å². The molecule has 0 spiro atoms. The van der Waals surface area contributed by atoms with E-state index in [2.05, 4.69) is 45.2 Å². The largest absolute Gasteiger partial charge is 0.370 e. The van der Waals surface area contributed by atoms with Gasteiger partial charge < -0.3 is 21.7 Å². The molecule has 0 saturated heterocycles. The third-order valence-electron chi connectivity index (χ3n) is 6.57. The van der Waals surface area contributed by atoms with Crippen molar-refractivity contribution in [1.82, 2.24) is 16.0 Å². The second kappa shape index (κ2) is 16.3. The number of rotatable bonds is 14. The highest BCUT2D eigenvalue weighted by Crippen LogP contribution is 2.17. The van der Waals surface area contributed by atoms with E-state index in [1.54, 1.807) is 0 Å². The molecule has 0 atom stereocenters. The van der Waals surface area contributed by atoms with E-state index in [1.165, 1.54) is 0 Å². The van der Waals surface area contributed by atoms with Gasteiger partial charge in [0.1, 0.15) is 0 Å². The van der Waals surface area contributed by atoms with Gasteiger partial charge in [0, 0.05) is 50.4 Å². The summed E-state index contributed by atoms with van der Waals surface area (Å²) < 4.78 is 3.71. The third kappa shape index (κ3) is 10.2. The van der Waals surface area contributed by atoms with E-state index >= 15 is 0 Å². The SMILES string of the molecule is NC(=NCCCNC(=O)C[n+]1ccc(-c2ccccc2)cc1)NCCCNC(=O)C[n+]1ccc(-c2ccccc2)cc1. The van der Waals surface area contributed by atoms with Crippen LogP contribution in [0, 0.1) is 0 Å². The van der Waals surface area contributed by atoms with E-state index < -0.39 is 0 Å². The lowest BCUT2D eigenvalue weighted by atomic mass is 10.1. The van der Waals surface area contributed by atoms with Gasteiger partial charge in [-0.15, -0.1) is 0 Å². The Bertz CT molecular complexity index is 1430. The van der Waals surface area contributed by atoms with Crippen LogP contribution < -0.4 is 30.8 Å². The summed E-state index contributed by atoms with van der Waals surface area (Å²) in [6.07, 6.45) is 9.05. The molecule has 0 bridgehead atoms. The van der Waals surface area contributed by atoms with E-state index in [-0.39, 0.29) is 24.9 Å². The van der Waals surface area contributed by atoms with Crippen LogP contribution >= 0.6 is 0 Å². The van der Waals surface area contributed by atoms with Crippen LogP contribution in [-0.2, 0) is 22.7 Å². The van der Waals surface area contributed by atoms with Crippen molar-refractivity contribution in [3.05, 3.63) is 110 Å². The number of carbonyl (C=O) groups excluding carboxylic acids is 2. The van der Waals surface area contributed by atoms with Crippen molar-refractivity contribution in [2.24, 2.45) is 10.7 Å². The van der Waals surface area contributed by atoms with Gasteiger partial charge in [0.2, 0.25) is 13.1 Å². The number of nitrogens with zero attached hydrogens (tertiary/aromatic N) is 3. The molecule has 5 N–H and O–H groups in total. The summed E-state index contributed by atoms with van der Waals surface area (Å²) in [4.78, 5) is 28.8. The van der Waals surface area contributed by atoms with E-state index in [0.29, 0.717) is 38.6 Å². The highest BCUT2D eigenvalue weighted by molar-refractivity contribution is 5.78. The fraction of sp³-hybridized carbons (Fsp3) is 0.242. The molecule has 4 aromatic rings. The maximum absolute atomic E-state index is 12.3. The maximum atomic E-state index is 12.3. The smallest absolute Gasteiger partial charge is 0.285 e. The molecule has 216 valence electrons. The van der Waals surface area contributed by atoms with Crippen molar-refractivity contribution in [3.63, 3.8) is 0 Å². The summed E-state index contributed by atoms with van der Waals surface area (Å²) in [6, 6.07) is 28.3. The maximum Gasteiger partial charge on any atom is 0.285 e. The second-order valence-corrected chi connectivity index (χ2v) is 9.85. The van der Waals surface area contributed by atoms with Crippen molar-refractivity contribution in [1.29, 1.82) is 0 Å². The molecular weight excluding hydrogens is 526 g/mol. The Morgan fingerprint density at radius 2 is 0.976 bits per heavy atom. The Labute approximate surface area is 247 Å². The molecule has 0 unspecified atom stereocenters. The van der Waals surface area contributed by atoms with Gasteiger partial charge in [-0.05, 0) is 35.1 Å². The van der Waals surface area contributed by atoms with Gasteiger partial charge in [-0.2, -0.15) is 9.13 Å². The first kappa shape index (κ1) is 29.9. The van der Waals surface area contributed by atoms with Gasteiger partial charge in [0.05, 0.1) is 0 Å². The fourth-order valence-corrected chi connectivity index (χ4v) is 4.31. The van der Waals surface area contributed by atoms with E-state index in [4.69, 9.17) is 5.73 Å². The summed E-state index contributed by atoms with van der Waals surface area (Å²) in [5.74, 6) is 0.265. The molecule has 2 amide bonds. The van der Waals surface area contributed by atoms with Crippen LogP contribution in [0.1, 0.15) is 12.8 Å². The predicted octanol–water partition coefficient (Wildman–Crippen LogP) is 2.21. The Balaban J connectivity index is 1.02. The summed E-state index contributed by atoms with van der Waals surface area (Å²) in [7, 11) is 0. The monoisotopic (exact) mass is 565 g/mol. The highest BCUT2D eigenvalue weighted by atomic mass is 16.2. The van der Waals surface area contributed by atoms with Crippen LogP contribution in [0.25, 0.3) is 22.3 Å². The summed E-state index contributed by atoms with van der Waals surface area (Å²) in [5.41, 5.74) is 10.4. The van der Waals surface area contributed by atoms with Gasteiger partial charge in [-0.25, -0.2) is 0 Å². The van der Waals surface area contributed by atoms with Gasteiger partial charge in [0.15, 0.2) is 30.7 Å². The van der Waals surface area contributed by atoms with Crippen molar-refractivity contribution in [2.75, 3.05) is 26.2 Å². The normalized spacial score (nSPS) is 11.1. The quantitative estimate of drug-likeness (QED) is 0.0812. The third-order valence-corrected chi connectivity index (χ3v) is 6.57. The zero-order valence-electron chi connectivity index (χ0n) is 23.8. The molecule has 4 rings (SSSR count). The predicted molar refractivity (Wildman–Crippen MR) is 164 cm³/mol. The molecular formula is C33H39N7O2+2. The standard InChI is InChI=1S/C33H37N7O2/c34-33(37-19-7-17-35-31(41)25-39-21-13-29(14-22-39)27-9-3-1-4-10-27)38-20-8-18-36-32(42)26-40-23-15-30(16-24-40)28-11-5-2-6-12-28/h1-6,9-16,21-24H,7-8,17-20,25-26H2,(H3-2,34,35,36,37,38,41,42)/p+2. The van der Waals surface area contributed by atoms with Gasteiger partial charge in [0.25, 0.3) is 11.8 Å². The first-order valence-electron chi connectivity index (χ1n) is 14.2. The zero-order valence-corrected chi connectivity index (χ0v) is 23.8. The lowest BCUT2D eigenvalue weighted by Gasteiger charge is -2.07. The fourth-order valence-electron chi connectivity index (χ4n) is 4.31. The Morgan fingerprint density at radius 3 is 1.45 bits per heavy atom. The van der Waals surface area contributed by atoms with E-state index in [0.717, 1.165) is 28.7 Å². The molecule has 42 heavy (non-hydrogen) atoms. The Kier molecular flexibility index (Phi) is 11.6. The first-order chi connectivity index (χ1) is 20.6. The topological polar surface area (TPSA) is 116 Å². The van der Waals surface area contributed by atoms with Crippen LogP contribution in [0.15, 0.2) is 115 Å². The van der Waals surface area contributed by atoms with Crippen LogP contribution in [0.5, 0.6) is 0 Å². The number of hydrogen-bond acceptors (Lipinski definition) is 3. The first-order valence-corrected chi connectivity index (χ1v) is 14.2. The minimum atomic E-state index is -0.0489. The Morgan fingerprint density at radius 1 is 0.571 bits per heavy atom. The molecule has 2 aromatic carbocycles. The van der Waals surface area contributed by atoms with Crippen molar-refractivity contribution in [2.45, 2.75) is 25.9 Å². The number of guanidine groups is 1. The van der Waals surface area contributed by atoms with Crippen molar-refractivity contribution >= 4 is 17.8 Å². The number of benzene rings is 2. The molecule has 2 aromatic heterocycles. The number of pyridine rings is 2. The average molecular weight is 566 g/mol. The Hall–Kier alpha value is -5.05. The summed E-state index contributed by atoms with van der Waals surface area (Å²) in [6.45, 7) is 2.71. The number of aliphatic imine (C=N–C) groups is 1. The van der Waals surface area contributed by atoms with E-state index in [1.807, 2.05) is 94.6 Å². The zero-order chi connectivity index (χ0) is 29.4. The minimum absolute atomic E-state index is 0.0428. The van der Waals surface area contributed by atoms with Crippen LogP contribution in [0.4, 0.5) is 0 Å². The van der Waals surface area contributed by atoms with Gasteiger partial charge in [-0.1, -0.05) is 60.7 Å². The summed E-state index contributed by atoms with van der Waals surface area (Å²) in [5, 5.41) is 8.90. The summed E-state index contributed by atoms with van der Waals surface area (Å²) >= 11 is 0. The number of aromatic nitrogens is 2. The van der Waals surface area contributed by atoms with Crippen molar-refractivity contribution < 1.29 is 18.7 Å². The van der Waals surface area contributed by atoms with Crippen LogP contribution in [-0.4, -0.2) is 44.0 Å². The molecule has 0 saturated carbocycles. The van der Waals surface area contributed by atoms with Gasteiger partial charge in [-0.3, -0.25) is 14.6 Å². The number of carbonyl (C=O) groups is 2. The lowest BCUT2D eigenvalue weighted by molar-refractivity contribution is -0.684. The molecule has 0 aliphatic heterocycles. The van der Waals surface area contributed by atoms with Gasteiger partial charge >= 0.3 is 0 Å². The van der Waals surface area contributed by atoms with Crippen LogP contribution in [0.2, 0.25) is 0 Å². The molecule has 0 radical (unpaired) electrons. The number of nitrogens with two attached hydrogens (primary N) is 1. The molecule has 9 nitrogen and oxygen atoms in total. The number of hydrogen-bond donors (Lipinski definition) is 4. The molecule has 9 heteroatoms. The number of amides is 2.